The number of fused-ring (bicyclic) bond motifs is 1. The predicted molar refractivity (Wildman–Crippen MR) is 85.9 cm³/mol. The van der Waals surface area contributed by atoms with Gasteiger partial charge >= 0.3 is 0 Å². The molecule has 3 rings (SSSR count). The number of aromatic nitrogens is 3. The second-order valence-corrected chi connectivity index (χ2v) is 6.16. The molecular weight excluding hydrogens is 260 g/mol. The van der Waals surface area contributed by atoms with E-state index < -0.39 is 0 Å². The van der Waals surface area contributed by atoms with Crippen molar-refractivity contribution >= 4 is 16.7 Å². The van der Waals surface area contributed by atoms with Gasteiger partial charge in [0.05, 0.1) is 11.2 Å². The topological polar surface area (TPSA) is 64.7 Å². The lowest BCUT2D eigenvalue weighted by atomic mass is 9.92. The number of nitrogens with two attached hydrogens (primary N) is 1. The maximum atomic E-state index is 5.94. The number of hydrogen-bond acceptors (Lipinski definition) is 4. The zero-order valence-electron chi connectivity index (χ0n) is 12.5. The molecule has 0 aliphatic carbocycles. The van der Waals surface area contributed by atoms with E-state index in [1.165, 1.54) is 0 Å². The molecule has 106 valence electrons. The molecule has 0 bridgehead atoms. The van der Waals surface area contributed by atoms with Crippen LogP contribution in [0.1, 0.15) is 26.5 Å². The zero-order valence-corrected chi connectivity index (χ0v) is 12.5. The van der Waals surface area contributed by atoms with E-state index in [9.17, 15) is 0 Å². The van der Waals surface area contributed by atoms with Gasteiger partial charge in [-0.3, -0.25) is 4.98 Å². The van der Waals surface area contributed by atoms with Crippen molar-refractivity contribution in [3.05, 3.63) is 48.3 Å². The van der Waals surface area contributed by atoms with Crippen LogP contribution in [-0.4, -0.2) is 15.0 Å². The van der Waals surface area contributed by atoms with Crippen LogP contribution in [-0.2, 0) is 5.41 Å². The Morgan fingerprint density at radius 3 is 2.57 bits per heavy atom. The summed E-state index contributed by atoms with van der Waals surface area (Å²) in [5, 5.41) is 1.07. The third-order valence-electron chi connectivity index (χ3n) is 3.38. The lowest BCUT2D eigenvalue weighted by Crippen LogP contribution is -2.15. The largest absolute Gasteiger partial charge is 0.384 e. The minimum atomic E-state index is -0.0653. The molecule has 4 nitrogen and oxygen atoms in total. The highest BCUT2D eigenvalue weighted by atomic mass is 15.0. The van der Waals surface area contributed by atoms with Crippen molar-refractivity contribution in [2.75, 3.05) is 5.73 Å². The van der Waals surface area contributed by atoms with Crippen LogP contribution in [0, 0.1) is 0 Å². The van der Waals surface area contributed by atoms with Gasteiger partial charge < -0.3 is 5.73 Å². The molecule has 2 N–H and O–H groups in total. The Balaban J connectivity index is 2.16. The molecule has 0 saturated carbocycles. The Kier molecular flexibility index (Phi) is 3.09. The fraction of sp³-hybridized carbons (Fsp3) is 0.235. The van der Waals surface area contributed by atoms with E-state index in [-0.39, 0.29) is 5.41 Å². The molecule has 0 atom stereocenters. The smallest absolute Gasteiger partial charge is 0.161 e. The first kappa shape index (κ1) is 13.5. The van der Waals surface area contributed by atoms with Crippen molar-refractivity contribution in [2.45, 2.75) is 26.2 Å². The third-order valence-corrected chi connectivity index (χ3v) is 3.38. The molecule has 0 saturated heterocycles. The first-order valence-electron chi connectivity index (χ1n) is 6.94. The summed E-state index contributed by atoms with van der Waals surface area (Å²) in [6, 6.07) is 11.8. The summed E-state index contributed by atoms with van der Waals surface area (Å²) in [7, 11) is 0. The van der Waals surface area contributed by atoms with Crippen LogP contribution in [0.5, 0.6) is 0 Å². The first-order valence-corrected chi connectivity index (χ1v) is 6.94. The van der Waals surface area contributed by atoms with Gasteiger partial charge in [0.1, 0.15) is 5.82 Å². The van der Waals surface area contributed by atoms with E-state index in [0.717, 1.165) is 22.2 Å². The van der Waals surface area contributed by atoms with Crippen molar-refractivity contribution in [2.24, 2.45) is 0 Å². The molecule has 0 amide bonds. The van der Waals surface area contributed by atoms with Crippen molar-refractivity contribution < 1.29 is 0 Å². The van der Waals surface area contributed by atoms with Gasteiger partial charge in [0.25, 0.3) is 0 Å². The highest BCUT2D eigenvalue weighted by Gasteiger charge is 2.18. The number of pyridine rings is 1. The number of anilines is 1. The van der Waals surface area contributed by atoms with E-state index in [4.69, 9.17) is 5.73 Å². The Morgan fingerprint density at radius 2 is 1.81 bits per heavy atom. The highest BCUT2D eigenvalue weighted by molar-refractivity contribution is 5.83. The van der Waals surface area contributed by atoms with E-state index in [2.05, 4.69) is 35.7 Å². The fourth-order valence-electron chi connectivity index (χ4n) is 2.19. The summed E-state index contributed by atoms with van der Waals surface area (Å²) in [6.45, 7) is 6.34. The number of nitrogen functional groups attached to an aromatic ring is 1. The monoisotopic (exact) mass is 278 g/mol. The summed E-state index contributed by atoms with van der Waals surface area (Å²) < 4.78 is 0. The molecule has 0 aliphatic heterocycles. The van der Waals surface area contributed by atoms with E-state index >= 15 is 0 Å². The summed E-state index contributed by atoms with van der Waals surface area (Å²) >= 11 is 0. The molecule has 0 fully saturated rings. The molecule has 2 heterocycles. The Bertz CT molecular complexity index is 803. The molecule has 0 radical (unpaired) electrons. The molecule has 1 aromatic carbocycles. The molecule has 3 aromatic rings. The Labute approximate surface area is 124 Å². The lowest BCUT2D eigenvalue weighted by Gasteiger charge is -2.18. The maximum absolute atomic E-state index is 5.94. The Morgan fingerprint density at radius 1 is 1.00 bits per heavy atom. The average Bonchev–Trinajstić information content (AvgIpc) is 2.45. The quantitative estimate of drug-likeness (QED) is 0.739. The standard InChI is InChI=1S/C17H18N4/c1-17(2,3)14-10-15(18)21-16(20-14)12-6-7-13-11(9-12)5-4-8-19-13/h4-10H,1-3H3,(H2,18,20,21). The van der Waals surface area contributed by atoms with E-state index in [1.54, 1.807) is 6.20 Å². The predicted octanol–water partition coefficient (Wildman–Crippen LogP) is 3.57. The minimum Gasteiger partial charge on any atom is -0.384 e. The van der Waals surface area contributed by atoms with Crippen molar-refractivity contribution in [1.29, 1.82) is 0 Å². The molecular formula is C17H18N4. The van der Waals surface area contributed by atoms with E-state index in [1.807, 2.05) is 36.4 Å². The van der Waals surface area contributed by atoms with E-state index in [0.29, 0.717) is 11.6 Å². The third kappa shape index (κ3) is 2.70. The van der Waals surface area contributed by atoms with Gasteiger partial charge in [0.2, 0.25) is 0 Å². The summed E-state index contributed by atoms with van der Waals surface area (Å²) in [4.78, 5) is 13.4. The second kappa shape index (κ2) is 4.81. The molecule has 0 spiro atoms. The average molecular weight is 278 g/mol. The first-order chi connectivity index (χ1) is 9.93. The second-order valence-electron chi connectivity index (χ2n) is 6.16. The molecule has 0 aliphatic rings. The van der Waals surface area contributed by atoms with Gasteiger partial charge in [-0.1, -0.05) is 26.8 Å². The molecule has 4 heteroatoms. The van der Waals surface area contributed by atoms with Gasteiger partial charge in [0.15, 0.2) is 5.82 Å². The normalized spacial score (nSPS) is 11.8. The Hall–Kier alpha value is -2.49. The molecule has 0 unspecified atom stereocenters. The van der Waals surface area contributed by atoms with Crippen molar-refractivity contribution in [1.82, 2.24) is 15.0 Å². The number of hydrogen-bond donors (Lipinski definition) is 1. The number of rotatable bonds is 1. The lowest BCUT2D eigenvalue weighted by molar-refractivity contribution is 0.568. The molecule has 2 aromatic heterocycles. The van der Waals surface area contributed by atoms with Crippen molar-refractivity contribution in [3.8, 4) is 11.4 Å². The SMILES string of the molecule is CC(C)(C)c1cc(N)nc(-c2ccc3ncccc3c2)n1. The van der Waals surface area contributed by atoms with Crippen molar-refractivity contribution in [3.63, 3.8) is 0 Å². The summed E-state index contributed by atoms with van der Waals surface area (Å²) in [5.74, 6) is 1.15. The number of benzene rings is 1. The minimum absolute atomic E-state index is 0.0653. The summed E-state index contributed by atoms with van der Waals surface area (Å²) in [6.07, 6.45) is 1.79. The van der Waals surface area contributed by atoms with Crippen LogP contribution in [0.15, 0.2) is 42.6 Å². The fourth-order valence-corrected chi connectivity index (χ4v) is 2.19. The van der Waals surface area contributed by atoms with Crippen LogP contribution >= 0.6 is 0 Å². The molecule has 21 heavy (non-hydrogen) atoms. The summed E-state index contributed by atoms with van der Waals surface area (Å²) in [5.41, 5.74) is 8.73. The van der Waals surface area contributed by atoms with Crippen LogP contribution in [0.25, 0.3) is 22.3 Å². The number of nitrogens with zero attached hydrogens (tertiary/aromatic N) is 3. The van der Waals surface area contributed by atoms with Crippen LogP contribution in [0.2, 0.25) is 0 Å². The van der Waals surface area contributed by atoms with Crippen LogP contribution < -0.4 is 5.73 Å². The van der Waals surface area contributed by atoms with Gasteiger partial charge in [-0.05, 0) is 24.3 Å². The van der Waals surface area contributed by atoms with Crippen LogP contribution in [0.4, 0.5) is 5.82 Å². The maximum Gasteiger partial charge on any atom is 0.161 e. The highest BCUT2D eigenvalue weighted by Crippen LogP contribution is 2.26. The van der Waals surface area contributed by atoms with Gasteiger partial charge in [0, 0.05) is 28.6 Å². The van der Waals surface area contributed by atoms with Gasteiger partial charge in [-0.15, -0.1) is 0 Å². The van der Waals surface area contributed by atoms with Gasteiger partial charge in [-0.25, -0.2) is 9.97 Å². The van der Waals surface area contributed by atoms with Gasteiger partial charge in [-0.2, -0.15) is 0 Å². The van der Waals surface area contributed by atoms with Crippen LogP contribution in [0.3, 0.4) is 0 Å². The zero-order chi connectivity index (χ0) is 15.0.